The summed E-state index contributed by atoms with van der Waals surface area (Å²) in [4.78, 5) is 0. The van der Waals surface area contributed by atoms with Crippen molar-refractivity contribution in [2.75, 3.05) is 6.61 Å². The van der Waals surface area contributed by atoms with Gasteiger partial charge in [0.05, 0.1) is 12.7 Å². The normalized spacial score (nSPS) is 12.9. The summed E-state index contributed by atoms with van der Waals surface area (Å²) in [6, 6.07) is 5.72. The molecule has 0 aliphatic rings. The number of ether oxygens (including phenoxy) is 1. The third-order valence-electron chi connectivity index (χ3n) is 2.37. The van der Waals surface area contributed by atoms with E-state index in [-0.39, 0.29) is 0 Å². The number of rotatable bonds is 5. The van der Waals surface area contributed by atoms with Gasteiger partial charge in [-0.15, -0.1) is 0 Å². The molecule has 0 unspecified atom stereocenters. The van der Waals surface area contributed by atoms with Crippen molar-refractivity contribution < 1.29 is 9.84 Å². The molecule has 0 saturated heterocycles. The van der Waals surface area contributed by atoms with Gasteiger partial charge in [0.2, 0.25) is 0 Å². The van der Waals surface area contributed by atoms with Crippen LogP contribution in [0, 0.1) is 5.92 Å². The SMILES string of the molecule is CC(C)CCOc1ccc(Br)cc1[C@H](C)O. The van der Waals surface area contributed by atoms with E-state index >= 15 is 0 Å². The van der Waals surface area contributed by atoms with Crippen LogP contribution in [0.4, 0.5) is 0 Å². The van der Waals surface area contributed by atoms with Crippen LogP contribution >= 0.6 is 15.9 Å². The monoisotopic (exact) mass is 286 g/mol. The zero-order valence-corrected chi connectivity index (χ0v) is 11.6. The van der Waals surface area contributed by atoms with Gasteiger partial charge in [-0.1, -0.05) is 29.8 Å². The molecular weight excluding hydrogens is 268 g/mol. The Morgan fingerprint density at radius 3 is 2.56 bits per heavy atom. The number of halogens is 1. The van der Waals surface area contributed by atoms with Crippen LogP contribution in [0.15, 0.2) is 22.7 Å². The smallest absolute Gasteiger partial charge is 0.125 e. The predicted molar refractivity (Wildman–Crippen MR) is 69.7 cm³/mol. The van der Waals surface area contributed by atoms with E-state index in [2.05, 4.69) is 29.8 Å². The molecule has 1 N–H and O–H groups in total. The van der Waals surface area contributed by atoms with Gasteiger partial charge in [0.15, 0.2) is 0 Å². The first-order valence-electron chi connectivity index (χ1n) is 5.61. The summed E-state index contributed by atoms with van der Waals surface area (Å²) in [6.45, 7) is 6.77. The Kier molecular flexibility index (Phi) is 5.29. The van der Waals surface area contributed by atoms with Crippen LogP contribution in [-0.2, 0) is 0 Å². The molecule has 1 aromatic rings. The molecule has 0 aliphatic carbocycles. The van der Waals surface area contributed by atoms with E-state index in [0.29, 0.717) is 12.5 Å². The van der Waals surface area contributed by atoms with Crippen molar-refractivity contribution in [3.63, 3.8) is 0 Å². The first kappa shape index (κ1) is 13.5. The standard InChI is InChI=1S/C13H19BrO2/c1-9(2)6-7-16-13-5-4-11(14)8-12(13)10(3)15/h4-5,8-10,15H,6-7H2,1-3H3/t10-/m0/s1. The maximum atomic E-state index is 9.64. The summed E-state index contributed by atoms with van der Waals surface area (Å²) in [5.41, 5.74) is 0.832. The van der Waals surface area contributed by atoms with Crippen LogP contribution in [0.25, 0.3) is 0 Å². The van der Waals surface area contributed by atoms with Crippen LogP contribution in [-0.4, -0.2) is 11.7 Å². The van der Waals surface area contributed by atoms with Crippen molar-refractivity contribution in [1.82, 2.24) is 0 Å². The third kappa shape index (κ3) is 4.14. The average Bonchev–Trinajstić information content (AvgIpc) is 2.19. The Morgan fingerprint density at radius 2 is 2.00 bits per heavy atom. The molecule has 0 fully saturated rings. The second-order valence-corrected chi connectivity index (χ2v) is 5.30. The van der Waals surface area contributed by atoms with Crippen molar-refractivity contribution in [2.45, 2.75) is 33.3 Å². The Hall–Kier alpha value is -0.540. The lowest BCUT2D eigenvalue weighted by atomic mass is 10.1. The summed E-state index contributed by atoms with van der Waals surface area (Å²) in [5, 5.41) is 9.64. The topological polar surface area (TPSA) is 29.5 Å². The van der Waals surface area contributed by atoms with Crippen molar-refractivity contribution >= 4 is 15.9 Å². The minimum Gasteiger partial charge on any atom is -0.493 e. The second kappa shape index (κ2) is 6.26. The van der Waals surface area contributed by atoms with Gasteiger partial charge in [0.1, 0.15) is 5.75 Å². The molecule has 1 aromatic carbocycles. The van der Waals surface area contributed by atoms with Gasteiger partial charge in [0.25, 0.3) is 0 Å². The molecule has 0 spiro atoms. The molecule has 1 rings (SSSR count). The average molecular weight is 287 g/mol. The van der Waals surface area contributed by atoms with Crippen molar-refractivity contribution in [3.05, 3.63) is 28.2 Å². The summed E-state index contributed by atoms with van der Waals surface area (Å²) in [5.74, 6) is 1.41. The van der Waals surface area contributed by atoms with Gasteiger partial charge in [-0.2, -0.15) is 0 Å². The molecule has 0 saturated carbocycles. The van der Waals surface area contributed by atoms with Gasteiger partial charge in [-0.05, 0) is 37.5 Å². The largest absolute Gasteiger partial charge is 0.493 e. The number of aliphatic hydroxyl groups excluding tert-OH is 1. The fourth-order valence-electron chi connectivity index (χ4n) is 1.38. The van der Waals surface area contributed by atoms with E-state index in [1.54, 1.807) is 6.92 Å². The van der Waals surface area contributed by atoms with Crippen LogP contribution < -0.4 is 4.74 Å². The Bertz CT molecular complexity index is 335. The number of aliphatic hydroxyl groups is 1. The lowest BCUT2D eigenvalue weighted by Crippen LogP contribution is -2.04. The fourth-order valence-corrected chi connectivity index (χ4v) is 1.76. The maximum Gasteiger partial charge on any atom is 0.125 e. The zero-order valence-electron chi connectivity index (χ0n) is 10.0. The van der Waals surface area contributed by atoms with Crippen molar-refractivity contribution in [3.8, 4) is 5.75 Å². The number of benzene rings is 1. The fraction of sp³-hybridized carbons (Fsp3) is 0.538. The molecule has 90 valence electrons. The van der Waals surface area contributed by atoms with E-state index in [0.717, 1.165) is 22.2 Å². The molecule has 0 heterocycles. The Morgan fingerprint density at radius 1 is 1.31 bits per heavy atom. The molecule has 1 atom stereocenters. The third-order valence-corrected chi connectivity index (χ3v) is 2.87. The molecular formula is C13H19BrO2. The molecule has 16 heavy (non-hydrogen) atoms. The lowest BCUT2D eigenvalue weighted by Gasteiger charge is -2.14. The number of hydrogen-bond acceptors (Lipinski definition) is 2. The highest BCUT2D eigenvalue weighted by molar-refractivity contribution is 9.10. The van der Waals surface area contributed by atoms with E-state index in [9.17, 15) is 5.11 Å². The van der Waals surface area contributed by atoms with Crippen LogP contribution in [0.5, 0.6) is 5.75 Å². The second-order valence-electron chi connectivity index (χ2n) is 4.39. The summed E-state index contributed by atoms with van der Waals surface area (Å²) >= 11 is 3.39. The molecule has 0 amide bonds. The van der Waals surface area contributed by atoms with E-state index in [1.165, 1.54) is 0 Å². The summed E-state index contributed by atoms with van der Waals surface area (Å²) in [7, 11) is 0. The molecule has 2 nitrogen and oxygen atoms in total. The van der Waals surface area contributed by atoms with Gasteiger partial charge in [-0.25, -0.2) is 0 Å². The minimum atomic E-state index is -0.508. The highest BCUT2D eigenvalue weighted by Crippen LogP contribution is 2.28. The first-order chi connectivity index (χ1) is 7.50. The summed E-state index contributed by atoms with van der Waals surface area (Å²) in [6.07, 6.45) is 0.515. The zero-order chi connectivity index (χ0) is 12.1. The molecule has 3 heteroatoms. The van der Waals surface area contributed by atoms with Crippen LogP contribution in [0.2, 0.25) is 0 Å². The van der Waals surface area contributed by atoms with Crippen LogP contribution in [0.1, 0.15) is 38.9 Å². The highest BCUT2D eigenvalue weighted by atomic mass is 79.9. The first-order valence-corrected chi connectivity index (χ1v) is 6.40. The highest BCUT2D eigenvalue weighted by Gasteiger charge is 2.09. The molecule has 0 aliphatic heterocycles. The van der Waals surface area contributed by atoms with E-state index < -0.39 is 6.10 Å². The van der Waals surface area contributed by atoms with Crippen LogP contribution in [0.3, 0.4) is 0 Å². The van der Waals surface area contributed by atoms with E-state index in [4.69, 9.17) is 4.74 Å². The lowest BCUT2D eigenvalue weighted by molar-refractivity contribution is 0.190. The molecule has 0 bridgehead atoms. The number of hydrogen-bond donors (Lipinski definition) is 1. The molecule has 0 aromatic heterocycles. The van der Waals surface area contributed by atoms with Crippen molar-refractivity contribution in [1.29, 1.82) is 0 Å². The van der Waals surface area contributed by atoms with Crippen molar-refractivity contribution in [2.24, 2.45) is 5.92 Å². The Labute approximate surface area is 106 Å². The summed E-state index contributed by atoms with van der Waals surface area (Å²) < 4.78 is 6.64. The van der Waals surface area contributed by atoms with Gasteiger partial charge in [0, 0.05) is 10.0 Å². The minimum absolute atomic E-state index is 0.508. The Balaban J connectivity index is 2.71. The predicted octanol–water partition coefficient (Wildman–Crippen LogP) is 3.93. The van der Waals surface area contributed by atoms with Gasteiger partial charge >= 0.3 is 0 Å². The maximum absolute atomic E-state index is 9.64. The van der Waals surface area contributed by atoms with Gasteiger partial charge < -0.3 is 9.84 Å². The quantitative estimate of drug-likeness (QED) is 0.889. The van der Waals surface area contributed by atoms with Gasteiger partial charge in [-0.3, -0.25) is 0 Å². The van der Waals surface area contributed by atoms with E-state index in [1.807, 2.05) is 18.2 Å². The molecule has 0 radical (unpaired) electrons.